The van der Waals surface area contributed by atoms with E-state index in [1.54, 1.807) is 0 Å². The van der Waals surface area contributed by atoms with Crippen LogP contribution in [0.1, 0.15) is 19.3 Å². The summed E-state index contributed by atoms with van der Waals surface area (Å²) in [6, 6.07) is 1.15. The molecule has 0 aromatic rings. The summed E-state index contributed by atoms with van der Waals surface area (Å²) in [5.41, 5.74) is 5.62. The Hall–Kier alpha value is 1.06. The molecule has 30 heavy (non-hydrogen) atoms. The van der Waals surface area contributed by atoms with Crippen molar-refractivity contribution in [2.45, 2.75) is 110 Å². The zero-order valence-corrected chi connectivity index (χ0v) is 28.2. The van der Waals surface area contributed by atoms with Gasteiger partial charge in [-0.3, -0.25) is 0 Å². The van der Waals surface area contributed by atoms with Crippen LogP contribution in [0, 0.1) is 0 Å². The molecule has 0 bridgehead atoms. The van der Waals surface area contributed by atoms with Crippen LogP contribution in [0.25, 0.3) is 0 Å². The van der Waals surface area contributed by atoms with Crippen LogP contribution < -0.4 is 5.73 Å². The Bertz CT molecular complexity index is 524. The fraction of sp³-hybridized carbons (Fsp3) is 1.00. The fourth-order valence-electron chi connectivity index (χ4n) is 4.18. The van der Waals surface area contributed by atoms with Crippen molar-refractivity contribution in [3.63, 3.8) is 0 Å². The molecule has 0 spiro atoms. The fourth-order valence-corrected chi connectivity index (χ4v) is 33.3. The molecule has 0 rings (SSSR count). The topological polar surface area (TPSA) is 72.2 Å². The van der Waals surface area contributed by atoms with Crippen molar-refractivity contribution in [2.75, 3.05) is 6.54 Å². The zero-order chi connectivity index (χ0) is 24.1. The van der Waals surface area contributed by atoms with Crippen molar-refractivity contribution >= 4 is 50.9 Å². The summed E-state index contributed by atoms with van der Waals surface area (Å²) in [5.74, 6) is 0. The summed E-state index contributed by atoms with van der Waals surface area (Å²) in [4.78, 5) is 0. The van der Waals surface area contributed by atoms with Crippen molar-refractivity contribution in [1.82, 2.24) is 0 Å². The molecule has 0 amide bonds. The summed E-state index contributed by atoms with van der Waals surface area (Å²) < 4.78 is 32.8. The van der Waals surface area contributed by atoms with Gasteiger partial charge in [0.25, 0.3) is 0 Å². The van der Waals surface area contributed by atoms with Crippen molar-refractivity contribution in [3.8, 4) is 0 Å². The van der Waals surface area contributed by atoms with Crippen molar-refractivity contribution in [1.29, 1.82) is 0 Å². The average Bonchev–Trinajstić information content (AvgIpc) is 2.34. The van der Waals surface area contributed by atoms with E-state index in [1.165, 1.54) is 12.8 Å². The summed E-state index contributed by atoms with van der Waals surface area (Å²) in [5, 5.41) is 0. The van der Waals surface area contributed by atoms with Crippen LogP contribution in [0.3, 0.4) is 0 Å². The quantitative estimate of drug-likeness (QED) is 0.206. The molecule has 0 radical (unpaired) electrons. The Labute approximate surface area is 193 Å². The maximum absolute atomic E-state index is 6.67. The van der Waals surface area contributed by atoms with E-state index in [2.05, 4.69) is 85.1 Å². The molecule has 182 valence electrons. The van der Waals surface area contributed by atoms with E-state index < -0.39 is 50.9 Å². The second kappa shape index (κ2) is 11.5. The highest BCUT2D eigenvalue weighted by Gasteiger charge is 2.46. The average molecular weight is 530 g/mol. The van der Waals surface area contributed by atoms with Crippen LogP contribution in [-0.2, 0) is 20.6 Å². The number of unbranched alkanes of at least 4 members (excludes halogenated alkanes) is 2. The van der Waals surface area contributed by atoms with Crippen LogP contribution >= 0.6 is 0 Å². The lowest BCUT2D eigenvalue weighted by Crippen LogP contribution is -2.59. The highest BCUT2D eigenvalue weighted by Crippen LogP contribution is 2.28. The number of rotatable bonds is 15. The molecular weight excluding hydrogens is 479 g/mol. The van der Waals surface area contributed by atoms with Gasteiger partial charge in [0.1, 0.15) is 0 Å². The van der Waals surface area contributed by atoms with Gasteiger partial charge in [0, 0.05) is 0 Å². The molecule has 0 aromatic heterocycles. The number of hydrogen-bond acceptors (Lipinski definition) is 6. The first-order chi connectivity index (χ1) is 13.1. The molecule has 2 N–H and O–H groups in total. The second-order valence-electron chi connectivity index (χ2n) is 11.6. The third-order valence-corrected chi connectivity index (χ3v) is 26.0. The summed E-state index contributed by atoms with van der Waals surface area (Å²) >= 11 is 0. The monoisotopic (exact) mass is 529 g/mol. The lowest BCUT2D eigenvalue weighted by atomic mass is 10.2. The molecule has 0 fully saturated rings. The molecule has 0 saturated heterocycles. The summed E-state index contributed by atoms with van der Waals surface area (Å²) in [7, 11) is -12.8. The minimum Gasteiger partial charge on any atom is -0.437 e. The Kier molecular flexibility index (Phi) is 11.9. The lowest BCUT2D eigenvalue weighted by molar-refractivity contribution is 0.282. The van der Waals surface area contributed by atoms with E-state index >= 15 is 0 Å². The Balaban J connectivity index is 4.97. The van der Waals surface area contributed by atoms with Crippen molar-refractivity contribution in [2.24, 2.45) is 5.73 Å². The first-order valence-corrected chi connectivity index (χ1v) is 29.1. The molecule has 6 nitrogen and oxygen atoms in total. The number of hydrogen-bond donors (Lipinski definition) is 1. The van der Waals surface area contributed by atoms with Gasteiger partial charge in [-0.15, -0.1) is 0 Å². The van der Waals surface area contributed by atoms with Crippen molar-refractivity contribution < 1.29 is 20.6 Å². The Morgan fingerprint density at radius 1 is 0.467 bits per heavy atom. The molecule has 0 heterocycles. The molecule has 0 aliphatic heterocycles. The maximum atomic E-state index is 6.67. The van der Waals surface area contributed by atoms with Gasteiger partial charge in [0.15, 0.2) is 16.6 Å². The zero-order valence-electron chi connectivity index (χ0n) is 22.2. The van der Waals surface area contributed by atoms with Gasteiger partial charge in [-0.1, -0.05) is 12.8 Å². The van der Waals surface area contributed by atoms with E-state index in [0.29, 0.717) is 0 Å². The lowest BCUT2D eigenvalue weighted by Gasteiger charge is -2.43. The maximum Gasteiger partial charge on any atom is 0.314 e. The van der Waals surface area contributed by atoms with Gasteiger partial charge < -0.3 is 26.3 Å². The van der Waals surface area contributed by atoms with Crippen LogP contribution in [0.4, 0.5) is 0 Å². The van der Waals surface area contributed by atoms with E-state index in [4.69, 9.17) is 26.3 Å². The van der Waals surface area contributed by atoms with Crippen LogP contribution in [0.15, 0.2) is 0 Å². The molecule has 0 aliphatic rings. The van der Waals surface area contributed by atoms with Gasteiger partial charge >= 0.3 is 34.2 Å². The summed E-state index contributed by atoms with van der Waals surface area (Å²) in [6.07, 6.45) is 3.46. The Morgan fingerprint density at radius 2 is 0.833 bits per heavy atom. The van der Waals surface area contributed by atoms with Crippen LogP contribution in [-0.4, -0.2) is 57.4 Å². The predicted molar refractivity (Wildman–Crippen MR) is 144 cm³/mol. The highest BCUT2D eigenvalue weighted by atomic mass is 28.5. The van der Waals surface area contributed by atoms with Crippen LogP contribution in [0.5, 0.6) is 0 Å². The SMILES string of the molecule is C[Si](C)(C)O[Si](C)(C)O[Si](C)(C)O[Si](C)(C)O[Si](C)(C)O[Si](C)(C)CCCCCN. The van der Waals surface area contributed by atoms with Crippen molar-refractivity contribution in [3.05, 3.63) is 0 Å². The molecule has 0 unspecified atom stereocenters. The van der Waals surface area contributed by atoms with Crippen LogP contribution in [0.2, 0.25) is 91.2 Å². The standard InChI is InChI=1S/C18H51NO5Si6/c1-25(2,3)20-27(6,7)22-29(10,11)24-30(12,13)23-28(8,9)21-26(4,5)18-16-14-15-17-19/h14-19H2,1-13H3. The minimum atomic E-state index is -2.42. The van der Waals surface area contributed by atoms with E-state index in [0.717, 1.165) is 19.0 Å². The molecule has 0 aliphatic carbocycles. The first-order valence-electron chi connectivity index (χ1n) is 11.3. The largest absolute Gasteiger partial charge is 0.437 e. The Morgan fingerprint density at radius 3 is 1.20 bits per heavy atom. The second-order valence-corrected chi connectivity index (χ2v) is 35.1. The third kappa shape index (κ3) is 15.8. The van der Waals surface area contributed by atoms with E-state index in [9.17, 15) is 0 Å². The van der Waals surface area contributed by atoms with Gasteiger partial charge in [0.05, 0.1) is 0 Å². The van der Waals surface area contributed by atoms with Gasteiger partial charge in [-0.2, -0.15) is 0 Å². The van der Waals surface area contributed by atoms with Gasteiger partial charge in [-0.25, -0.2) is 0 Å². The predicted octanol–water partition coefficient (Wildman–Crippen LogP) is 6.05. The minimum absolute atomic E-state index is 0.772. The highest BCUT2D eigenvalue weighted by molar-refractivity contribution is 6.91. The molecular formula is C18H51NO5Si6. The molecule has 12 heteroatoms. The smallest absolute Gasteiger partial charge is 0.314 e. The third-order valence-electron chi connectivity index (χ3n) is 4.03. The van der Waals surface area contributed by atoms with E-state index in [-0.39, 0.29) is 0 Å². The molecule has 0 atom stereocenters. The normalized spacial score (nSPS) is 15.0. The van der Waals surface area contributed by atoms with Gasteiger partial charge in [-0.05, 0) is 104 Å². The van der Waals surface area contributed by atoms with Gasteiger partial charge in [0.2, 0.25) is 0 Å². The summed E-state index contributed by atoms with van der Waals surface area (Å²) in [6.45, 7) is 29.0. The van der Waals surface area contributed by atoms with E-state index in [1.807, 2.05) is 0 Å². The first kappa shape index (κ1) is 31.1. The molecule has 0 saturated carbocycles. The molecule has 0 aromatic carbocycles. The number of nitrogens with two attached hydrogens (primary N) is 1.